The van der Waals surface area contributed by atoms with Gasteiger partial charge in [0.2, 0.25) is 0 Å². The van der Waals surface area contributed by atoms with Crippen LogP contribution in [-0.2, 0) is 12.6 Å². The van der Waals surface area contributed by atoms with Gasteiger partial charge in [0.15, 0.2) is 0 Å². The number of halogens is 5. The molecule has 1 heterocycles. The monoisotopic (exact) mass is 400 g/mol. The highest BCUT2D eigenvalue weighted by atomic mass is 35.5. The summed E-state index contributed by atoms with van der Waals surface area (Å²) >= 11 is 12.7. The Labute approximate surface area is 159 Å². The molecule has 138 valence electrons. The van der Waals surface area contributed by atoms with Crippen LogP contribution in [0, 0.1) is 0 Å². The third kappa shape index (κ3) is 3.70. The molecule has 0 fully saturated rings. The van der Waals surface area contributed by atoms with Crippen molar-refractivity contribution in [3.63, 3.8) is 0 Å². The zero-order chi connectivity index (χ0) is 18.9. The van der Waals surface area contributed by atoms with E-state index in [1.54, 1.807) is 12.1 Å². The third-order valence-electron chi connectivity index (χ3n) is 4.34. The van der Waals surface area contributed by atoms with Gasteiger partial charge in [-0.15, -0.1) is 0 Å². The highest BCUT2D eigenvalue weighted by molar-refractivity contribution is 6.40. The maximum absolute atomic E-state index is 12.8. The molecular formula is C19H17Cl2F3N2. The van der Waals surface area contributed by atoms with Crippen molar-refractivity contribution in [2.45, 2.75) is 25.4 Å². The Kier molecular flexibility index (Phi) is 5.51. The fraction of sp³-hybridized carbons (Fsp3) is 0.263. The number of H-pyrrole nitrogens is 1. The molecule has 0 aliphatic carbocycles. The highest BCUT2D eigenvalue weighted by Crippen LogP contribution is 2.39. The molecule has 0 amide bonds. The minimum atomic E-state index is -4.37. The summed E-state index contributed by atoms with van der Waals surface area (Å²) in [6.45, 7) is 0.576. The number of fused-ring (bicyclic) bond motifs is 1. The van der Waals surface area contributed by atoms with Crippen LogP contribution in [-0.4, -0.2) is 11.5 Å². The SMILES string of the molecule is NCCCCc1c(-c2ccc(C(F)(F)F)cc2)[nH]c2c(Cl)ccc(Cl)c12. The lowest BCUT2D eigenvalue weighted by Crippen LogP contribution is -2.04. The summed E-state index contributed by atoms with van der Waals surface area (Å²) in [7, 11) is 0. The largest absolute Gasteiger partial charge is 0.416 e. The van der Waals surface area contributed by atoms with Crippen LogP contribution in [0.2, 0.25) is 10.0 Å². The van der Waals surface area contributed by atoms with Crippen LogP contribution in [0.5, 0.6) is 0 Å². The molecule has 0 unspecified atom stereocenters. The van der Waals surface area contributed by atoms with Gasteiger partial charge in [-0.1, -0.05) is 35.3 Å². The zero-order valence-electron chi connectivity index (χ0n) is 13.8. The van der Waals surface area contributed by atoms with Gasteiger partial charge < -0.3 is 10.7 Å². The first-order chi connectivity index (χ1) is 12.3. The topological polar surface area (TPSA) is 41.8 Å². The molecular weight excluding hydrogens is 384 g/mol. The molecule has 7 heteroatoms. The first kappa shape index (κ1) is 19.1. The Morgan fingerprint density at radius 3 is 2.19 bits per heavy atom. The molecule has 0 atom stereocenters. The van der Waals surface area contributed by atoms with Gasteiger partial charge >= 0.3 is 6.18 Å². The number of aryl methyl sites for hydroxylation is 1. The lowest BCUT2D eigenvalue weighted by atomic mass is 9.99. The molecule has 2 nitrogen and oxygen atoms in total. The van der Waals surface area contributed by atoms with Crippen molar-refractivity contribution in [2.75, 3.05) is 6.54 Å². The van der Waals surface area contributed by atoms with E-state index < -0.39 is 11.7 Å². The van der Waals surface area contributed by atoms with Gasteiger partial charge in [0, 0.05) is 11.1 Å². The summed E-state index contributed by atoms with van der Waals surface area (Å²) in [5, 5.41) is 1.88. The van der Waals surface area contributed by atoms with Crippen molar-refractivity contribution >= 4 is 34.1 Å². The number of alkyl halides is 3. The summed E-state index contributed by atoms with van der Waals surface area (Å²) in [6.07, 6.45) is -1.97. The molecule has 0 saturated heterocycles. The number of nitrogens with two attached hydrogens (primary N) is 1. The van der Waals surface area contributed by atoms with Gasteiger partial charge in [-0.3, -0.25) is 0 Å². The Bertz CT molecular complexity index is 915. The summed E-state index contributed by atoms with van der Waals surface area (Å²) in [4.78, 5) is 3.25. The average molecular weight is 401 g/mol. The van der Waals surface area contributed by atoms with Crippen molar-refractivity contribution in [2.24, 2.45) is 5.73 Å². The predicted octanol–water partition coefficient (Wildman–Crippen LogP) is 6.44. The third-order valence-corrected chi connectivity index (χ3v) is 4.97. The van der Waals surface area contributed by atoms with E-state index in [0.29, 0.717) is 34.1 Å². The first-order valence-electron chi connectivity index (χ1n) is 8.19. The smallest absolute Gasteiger partial charge is 0.353 e. The van der Waals surface area contributed by atoms with E-state index in [1.807, 2.05) is 0 Å². The number of hydrogen-bond donors (Lipinski definition) is 2. The summed E-state index contributed by atoms with van der Waals surface area (Å²) in [5.74, 6) is 0. The van der Waals surface area contributed by atoms with Gasteiger partial charge in [-0.05, 0) is 61.2 Å². The number of aromatic amines is 1. The van der Waals surface area contributed by atoms with E-state index in [0.717, 1.165) is 41.6 Å². The number of benzene rings is 2. The Balaban J connectivity index is 2.13. The number of hydrogen-bond acceptors (Lipinski definition) is 1. The molecule has 1 aromatic heterocycles. The lowest BCUT2D eigenvalue weighted by Gasteiger charge is -2.09. The van der Waals surface area contributed by atoms with Crippen molar-refractivity contribution in [3.05, 3.63) is 57.6 Å². The van der Waals surface area contributed by atoms with Gasteiger partial charge in [-0.25, -0.2) is 0 Å². The lowest BCUT2D eigenvalue weighted by molar-refractivity contribution is -0.137. The van der Waals surface area contributed by atoms with E-state index >= 15 is 0 Å². The van der Waals surface area contributed by atoms with Crippen LogP contribution in [0.4, 0.5) is 13.2 Å². The van der Waals surface area contributed by atoms with Crippen molar-refractivity contribution in [3.8, 4) is 11.3 Å². The van der Waals surface area contributed by atoms with Gasteiger partial charge in [0.05, 0.1) is 21.1 Å². The number of nitrogens with one attached hydrogen (secondary N) is 1. The molecule has 0 bridgehead atoms. The van der Waals surface area contributed by atoms with E-state index in [9.17, 15) is 13.2 Å². The number of aromatic nitrogens is 1. The van der Waals surface area contributed by atoms with Crippen LogP contribution < -0.4 is 5.73 Å². The zero-order valence-corrected chi connectivity index (χ0v) is 15.3. The molecule has 0 radical (unpaired) electrons. The molecule has 3 rings (SSSR count). The molecule has 0 spiro atoms. The van der Waals surface area contributed by atoms with Gasteiger partial charge in [0.25, 0.3) is 0 Å². The average Bonchev–Trinajstić information content (AvgIpc) is 2.99. The number of unbranched alkanes of at least 4 members (excludes halogenated alkanes) is 1. The Hall–Kier alpha value is -1.69. The van der Waals surface area contributed by atoms with Crippen LogP contribution in [0.25, 0.3) is 22.2 Å². The van der Waals surface area contributed by atoms with Crippen molar-refractivity contribution in [1.82, 2.24) is 4.98 Å². The molecule has 3 N–H and O–H groups in total. The van der Waals surface area contributed by atoms with E-state index in [-0.39, 0.29) is 0 Å². The first-order valence-corrected chi connectivity index (χ1v) is 8.94. The molecule has 3 aromatic rings. The van der Waals surface area contributed by atoms with Gasteiger partial charge in [-0.2, -0.15) is 13.2 Å². The minimum absolute atomic E-state index is 0.516. The maximum Gasteiger partial charge on any atom is 0.416 e. The summed E-state index contributed by atoms with van der Waals surface area (Å²) in [5.41, 5.74) is 7.93. The second-order valence-electron chi connectivity index (χ2n) is 6.08. The second kappa shape index (κ2) is 7.51. The molecule has 0 saturated carbocycles. The predicted molar refractivity (Wildman–Crippen MR) is 101 cm³/mol. The highest BCUT2D eigenvalue weighted by Gasteiger charge is 2.30. The number of rotatable bonds is 5. The van der Waals surface area contributed by atoms with E-state index in [2.05, 4.69) is 4.98 Å². The second-order valence-corrected chi connectivity index (χ2v) is 6.89. The molecule has 26 heavy (non-hydrogen) atoms. The van der Waals surface area contributed by atoms with Crippen LogP contribution in [0.1, 0.15) is 24.0 Å². The van der Waals surface area contributed by atoms with Crippen molar-refractivity contribution < 1.29 is 13.2 Å². The fourth-order valence-electron chi connectivity index (χ4n) is 3.06. The Morgan fingerprint density at radius 2 is 1.58 bits per heavy atom. The van der Waals surface area contributed by atoms with E-state index in [4.69, 9.17) is 28.9 Å². The summed E-state index contributed by atoms with van der Waals surface area (Å²) in [6, 6.07) is 8.50. The van der Waals surface area contributed by atoms with Crippen molar-refractivity contribution in [1.29, 1.82) is 0 Å². The molecule has 0 aliphatic rings. The minimum Gasteiger partial charge on any atom is -0.353 e. The quantitative estimate of drug-likeness (QED) is 0.475. The fourth-order valence-corrected chi connectivity index (χ4v) is 3.54. The van der Waals surface area contributed by atoms with Crippen LogP contribution >= 0.6 is 23.2 Å². The van der Waals surface area contributed by atoms with Gasteiger partial charge in [0.1, 0.15) is 0 Å². The maximum atomic E-state index is 12.8. The molecule has 0 aliphatic heterocycles. The molecule has 2 aromatic carbocycles. The Morgan fingerprint density at radius 1 is 0.923 bits per heavy atom. The van der Waals surface area contributed by atoms with Crippen LogP contribution in [0.3, 0.4) is 0 Å². The van der Waals surface area contributed by atoms with Crippen LogP contribution in [0.15, 0.2) is 36.4 Å². The summed E-state index contributed by atoms with van der Waals surface area (Å²) < 4.78 is 38.5. The normalized spacial score (nSPS) is 12.1. The standard InChI is InChI=1S/C19H17Cl2F3N2/c20-14-8-9-15(21)18-16(14)13(3-1-2-10-25)17(26-18)11-4-6-12(7-5-11)19(22,23)24/h4-9,26H,1-3,10,25H2. The van der Waals surface area contributed by atoms with E-state index in [1.165, 1.54) is 12.1 Å².